The van der Waals surface area contributed by atoms with Gasteiger partial charge in [-0.15, -0.1) is 0 Å². The van der Waals surface area contributed by atoms with Gasteiger partial charge in [-0.1, -0.05) is 0 Å². The fraction of sp³-hybridized carbons (Fsp3) is 0.385. The molecule has 0 bridgehead atoms. The molecule has 0 amide bonds. The van der Waals surface area contributed by atoms with E-state index in [1.807, 2.05) is 20.8 Å². The number of esters is 1. The maximum absolute atomic E-state index is 11.7. The molecule has 2 rings (SSSR count). The molecule has 2 N–H and O–H groups in total. The van der Waals surface area contributed by atoms with Crippen LogP contribution in [0.5, 0.6) is 5.75 Å². The molecular weight excluding hydrogens is 232 g/mol. The highest BCUT2D eigenvalue weighted by molar-refractivity contribution is 5.83. The maximum atomic E-state index is 11.7. The van der Waals surface area contributed by atoms with Gasteiger partial charge in [0.1, 0.15) is 11.4 Å². The first-order chi connectivity index (χ1) is 8.35. The Hall–Kier alpha value is -2.04. The lowest BCUT2D eigenvalue weighted by atomic mass is 10.1. The SMILES string of the molecule is CC(C)(C)OC(=O)Cc1cc2cn[nH]c2cc1O. The highest BCUT2D eigenvalue weighted by Crippen LogP contribution is 2.24. The number of hydrogen-bond acceptors (Lipinski definition) is 4. The van der Waals surface area contributed by atoms with E-state index in [0.29, 0.717) is 5.56 Å². The Morgan fingerprint density at radius 1 is 1.44 bits per heavy atom. The molecule has 96 valence electrons. The third-order valence-corrected chi connectivity index (χ3v) is 2.39. The van der Waals surface area contributed by atoms with Gasteiger partial charge in [-0.25, -0.2) is 0 Å². The van der Waals surface area contributed by atoms with Gasteiger partial charge in [0.15, 0.2) is 0 Å². The number of nitrogens with zero attached hydrogens (tertiary/aromatic N) is 1. The lowest BCUT2D eigenvalue weighted by Crippen LogP contribution is -2.24. The van der Waals surface area contributed by atoms with Crippen LogP contribution in [0, 0.1) is 0 Å². The summed E-state index contributed by atoms with van der Waals surface area (Å²) in [5.41, 5.74) is 0.755. The monoisotopic (exact) mass is 248 g/mol. The van der Waals surface area contributed by atoms with Crippen LogP contribution >= 0.6 is 0 Å². The molecule has 0 aliphatic carbocycles. The number of carbonyl (C=O) groups is 1. The first-order valence-electron chi connectivity index (χ1n) is 5.72. The number of H-pyrrole nitrogens is 1. The van der Waals surface area contributed by atoms with Crippen LogP contribution in [0.15, 0.2) is 18.3 Å². The summed E-state index contributed by atoms with van der Waals surface area (Å²) in [6, 6.07) is 3.29. The number of ether oxygens (including phenoxy) is 1. The number of carbonyl (C=O) groups excluding carboxylic acids is 1. The lowest BCUT2D eigenvalue weighted by molar-refractivity contribution is -0.153. The first kappa shape index (κ1) is 12.4. The minimum absolute atomic E-state index is 0.0459. The predicted octanol–water partition coefficient (Wildman–Crippen LogP) is 2.15. The highest BCUT2D eigenvalue weighted by Gasteiger charge is 2.18. The average molecular weight is 248 g/mol. The summed E-state index contributed by atoms with van der Waals surface area (Å²) < 4.78 is 5.22. The van der Waals surface area contributed by atoms with Crippen LogP contribution in [0.2, 0.25) is 0 Å². The molecule has 2 aromatic rings. The number of phenols is 1. The summed E-state index contributed by atoms with van der Waals surface area (Å²) in [6.07, 6.45) is 1.69. The molecule has 1 aromatic carbocycles. The number of aromatic nitrogens is 2. The van der Waals surface area contributed by atoms with Crippen LogP contribution in [0.4, 0.5) is 0 Å². The fourth-order valence-corrected chi connectivity index (χ4v) is 1.70. The number of aromatic hydroxyl groups is 1. The Kier molecular flexibility index (Phi) is 2.98. The molecule has 5 heteroatoms. The van der Waals surface area contributed by atoms with E-state index in [1.54, 1.807) is 18.3 Å². The lowest BCUT2D eigenvalue weighted by Gasteiger charge is -2.19. The number of benzene rings is 1. The molecule has 0 unspecified atom stereocenters. The van der Waals surface area contributed by atoms with E-state index in [4.69, 9.17) is 4.74 Å². The van der Waals surface area contributed by atoms with Gasteiger partial charge in [-0.05, 0) is 26.8 Å². The van der Waals surface area contributed by atoms with Gasteiger partial charge in [0.25, 0.3) is 0 Å². The van der Waals surface area contributed by atoms with E-state index >= 15 is 0 Å². The molecule has 5 nitrogen and oxygen atoms in total. The Bertz CT molecular complexity index is 581. The van der Waals surface area contributed by atoms with E-state index in [1.165, 1.54) is 0 Å². The van der Waals surface area contributed by atoms with Crippen molar-refractivity contribution in [1.82, 2.24) is 10.2 Å². The molecule has 1 aromatic heterocycles. The van der Waals surface area contributed by atoms with Gasteiger partial charge in [0.2, 0.25) is 0 Å². The van der Waals surface area contributed by atoms with Crippen molar-refractivity contribution in [2.75, 3.05) is 0 Å². The van der Waals surface area contributed by atoms with Crippen molar-refractivity contribution in [2.45, 2.75) is 32.8 Å². The number of phenolic OH excluding ortho intramolecular Hbond substituents is 1. The van der Waals surface area contributed by atoms with Crippen LogP contribution in [0.3, 0.4) is 0 Å². The molecule has 18 heavy (non-hydrogen) atoms. The normalized spacial score (nSPS) is 11.7. The second-order valence-electron chi connectivity index (χ2n) is 5.20. The van der Waals surface area contributed by atoms with E-state index in [9.17, 15) is 9.90 Å². The zero-order valence-corrected chi connectivity index (χ0v) is 10.7. The van der Waals surface area contributed by atoms with Crippen LogP contribution in [0.25, 0.3) is 10.9 Å². The van der Waals surface area contributed by atoms with Gasteiger partial charge < -0.3 is 9.84 Å². The number of rotatable bonds is 2. The van der Waals surface area contributed by atoms with Gasteiger partial charge in [-0.3, -0.25) is 9.89 Å². The standard InChI is InChI=1S/C13H16N2O3/c1-13(2,3)18-12(17)5-8-4-9-7-14-15-10(9)6-11(8)16/h4,6-7,16H,5H2,1-3H3,(H,14,15). The summed E-state index contributed by atoms with van der Waals surface area (Å²) in [5, 5.41) is 17.3. The molecule has 0 spiro atoms. The predicted molar refractivity (Wildman–Crippen MR) is 67.3 cm³/mol. The second-order valence-corrected chi connectivity index (χ2v) is 5.20. The van der Waals surface area contributed by atoms with E-state index < -0.39 is 5.60 Å². The van der Waals surface area contributed by atoms with E-state index in [2.05, 4.69) is 10.2 Å². The van der Waals surface area contributed by atoms with E-state index in [-0.39, 0.29) is 18.1 Å². The Morgan fingerprint density at radius 3 is 2.83 bits per heavy atom. The smallest absolute Gasteiger partial charge is 0.310 e. The summed E-state index contributed by atoms with van der Waals surface area (Å²) in [4.78, 5) is 11.7. The minimum atomic E-state index is -0.521. The molecule has 0 aliphatic heterocycles. The van der Waals surface area contributed by atoms with Crippen molar-refractivity contribution in [3.05, 3.63) is 23.9 Å². The zero-order valence-electron chi connectivity index (χ0n) is 10.7. The van der Waals surface area contributed by atoms with Crippen molar-refractivity contribution in [1.29, 1.82) is 0 Å². The van der Waals surface area contributed by atoms with Crippen molar-refractivity contribution in [3.8, 4) is 5.75 Å². The topological polar surface area (TPSA) is 75.2 Å². The number of hydrogen-bond donors (Lipinski definition) is 2. The Morgan fingerprint density at radius 2 is 2.17 bits per heavy atom. The largest absolute Gasteiger partial charge is 0.508 e. The van der Waals surface area contributed by atoms with Crippen molar-refractivity contribution < 1.29 is 14.6 Å². The Balaban J connectivity index is 2.20. The van der Waals surface area contributed by atoms with Gasteiger partial charge in [-0.2, -0.15) is 5.10 Å². The molecule has 0 saturated carbocycles. The minimum Gasteiger partial charge on any atom is -0.508 e. The molecular formula is C13H16N2O3. The number of fused-ring (bicyclic) bond motifs is 1. The van der Waals surface area contributed by atoms with Crippen LogP contribution in [0.1, 0.15) is 26.3 Å². The van der Waals surface area contributed by atoms with E-state index in [0.717, 1.165) is 10.9 Å². The average Bonchev–Trinajstić information content (AvgIpc) is 2.62. The summed E-state index contributed by atoms with van der Waals surface area (Å²) in [7, 11) is 0. The quantitative estimate of drug-likeness (QED) is 0.798. The molecule has 0 saturated heterocycles. The molecule has 1 heterocycles. The number of nitrogens with one attached hydrogen (secondary N) is 1. The zero-order chi connectivity index (χ0) is 13.3. The Labute approximate surface area is 105 Å². The van der Waals surface area contributed by atoms with Crippen LogP contribution in [-0.4, -0.2) is 26.9 Å². The van der Waals surface area contributed by atoms with Gasteiger partial charge in [0, 0.05) is 17.0 Å². The molecule has 0 fully saturated rings. The van der Waals surface area contributed by atoms with Crippen LogP contribution in [-0.2, 0) is 16.0 Å². The van der Waals surface area contributed by atoms with Crippen molar-refractivity contribution in [2.24, 2.45) is 0 Å². The van der Waals surface area contributed by atoms with Gasteiger partial charge >= 0.3 is 5.97 Å². The highest BCUT2D eigenvalue weighted by atomic mass is 16.6. The third-order valence-electron chi connectivity index (χ3n) is 2.39. The van der Waals surface area contributed by atoms with Gasteiger partial charge in [0.05, 0.1) is 18.1 Å². The molecule has 0 aliphatic rings. The van der Waals surface area contributed by atoms with Crippen molar-refractivity contribution >= 4 is 16.9 Å². The maximum Gasteiger partial charge on any atom is 0.310 e. The fourth-order valence-electron chi connectivity index (χ4n) is 1.70. The number of aromatic amines is 1. The molecule has 0 atom stereocenters. The summed E-state index contributed by atoms with van der Waals surface area (Å²) in [5.74, 6) is -0.293. The van der Waals surface area contributed by atoms with Crippen LogP contribution < -0.4 is 0 Å². The molecule has 0 radical (unpaired) electrons. The van der Waals surface area contributed by atoms with Crippen molar-refractivity contribution in [3.63, 3.8) is 0 Å². The summed E-state index contributed by atoms with van der Waals surface area (Å²) >= 11 is 0. The second kappa shape index (κ2) is 4.33. The summed E-state index contributed by atoms with van der Waals surface area (Å²) in [6.45, 7) is 5.43. The first-order valence-corrected chi connectivity index (χ1v) is 5.72. The third kappa shape index (κ3) is 2.80.